The van der Waals surface area contributed by atoms with E-state index in [9.17, 15) is 4.79 Å². The molecule has 0 aromatic carbocycles. The Kier molecular flexibility index (Phi) is 4.49. The van der Waals surface area contributed by atoms with Crippen molar-refractivity contribution in [3.8, 4) is 0 Å². The molecule has 8 heteroatoms. The van der Waals surface area contributed by atoms with Gasteiger partial charge in [-0.25, -0.2) is 9.97 Å². The Balaban J connectivity index is 1.51. The zero-order valence-electron chi connectivity index (χ0n) is 14.4. The van der Waals surface area contributed by atoms with E-state index in [4.69, 9.17) is 9.15 Å². The number of fused-ring (bicyclic) bond motifs is 1. The molecule has 0 saturated heterocycles. The van der Waals surface area contributed by atoms with Gasteiger partial charge in [-0.15, -0.1) is 0 Å². The number of hydrogen-bond acceptors (Lipinski definition) is 6. The summed E-state index contributed by atoms with van der Waals surface area (Å²) in [5.41, 5.74) is 3.33. The molecule has 0 radical (unpaired) electrons. The van der Waals surface area contributed by atoms with E-state index in [-0.39, 0.29) is 11.9 Å². The van der Waals surface area contributed by atoms with Gasteiger partial charge in [0.05, 0.1) is 37.8 Å². The van der Waals surface area contributed by atoms with Gasteiger partial charge in [0, 0.05) is 31.6 Å². The van der Waals surface area contributed by atoms with E-state index in [1.165, 1.54) is 12.7 Å². The second-order valence-electron chi connectivity index (χ2n) is 6.29. The molecule has 1 aliphatic rings. The molecule has 26 heavy (non-hydrogen) atoms. The summed E-state index contributed by atoms with van der Waals surface area (Å²) in [6.07, 6.45) is 8.59. The van der Waals surface area contributed by atoms with Crippen LogP contribution in [-0.2, 0) is 31.4 Å². The maximum Gasteiger partial charge on any atom is 0.276 e. The van der Waals surface area contributed by atoms with Crippen LogP contribution in [0.4, 0.5) is 0 Å². The predicted octanol–water partition coefficient (Wildman–Crippen LogP) is 1.59. The van der Waals surface area contributed by atoms with Crippen LogP contribution in [0.3, 0.4) is 0 Å². The van der Waals surface area contributed by atoms with Crippen LogP contribution in [0, 0.1) is 0 Å². The quantitative estimate of drug-likeness (QED) is 0.692. The minimum absolute atomic E-state index is 0.0984. The highest BCUT2D eigenvalue weighted by Gasteiger charge is 2.33. The maximum atomic E-state index is 12.8. The van der Waals surface area contributed by atoms with Crippen molar-refractivity contribution < 1.29 is 13.9 Å². The molecular weight excluding hydrogens is 334 g/mol. The number of carbonyl (C=O) groups is 1. The average Bonchev–Trinajstić information content (AvgIpc) is 3.32. The first-order valence-electron chi connectivity index (χ1n) is 8.37. The van der Waals surface area contributed by atoms with Gasteiger partial charge < -0.3 is 18.6 Å². The van der Waals surface area contributed by atoms with Gasteiger partial charge in [-0.3, -0.25) is 9.78 Å². The number of aryl methyl sites for hydroxylation is 1. The van der Waals surface area contributed by atoms with Crippen molar-refractivity contribution in [2.24, 2.45) is 7.05 Å². The van der Waals surface area contributed by atoms with Crippen molar-refractivity contribution in [1.82, 2.24) is 24.4 Å². The molecular formula is C18H19N5O3. The molecule has 0 saturated carbocycles. The van der Waals surface area contributed by atoms with Gasteiger partial charge in [0.2, 0.25) is 0 Å². The van der Waals surface area contributed by atoms with Crippen molar-refractivity contribution >= 4 is 5.91 Å². The lowest BCUT2D eigenvalue weighted by Crippen LogP contribution is -2.47. The van der Waals surface area contributed by atoms with Crippen LogP contribution < -0.4 is 0 Å². The number of hydrogen-bond donors (Lipinski definition) is 0. The van der Waals surface area contributed by atoms with Crippen molar-refractivity contribution in [1.29, 1.82) is 0 Å². The highest BCUT2D eigenvalue weighted by atomic mass is 16.5. The van der Waals surface area contributed by atoms with Crippen LogP contribution in [-0.4, -0.2) is 43.0 Å². The standard InChI is InChI=1S/C18H19N5O3/c1-22-11-20-15-7-23(18(24)16-10-26-12-21-16)14(5-17(15)22)9-25-8-13-3-2-4-19-6-13/h2-4,6,10-12,14H,5,7-9H2,1H3. The summed E-state index contributed by atoms with van der Waals surface area (Å²) in [6, 6.07) is 3.74. The van der Waals surface area contributed by atoms with Gasteiger partial charge in [0.25, 0.3) is 5.91 Å². The van der Waals surface area contributed by atoms with Gasteiger partial charge in [-0.2, -0.15) is 0 Å². The van der Waals surface area contributed by atoms with Crippen molar-refractivity contribution in [3.05, 3.63) is 66.2 Å². The molecule has 4 rings (SSSR count). The highest BCUT2D eigenvalue weighted by molar-refractivity contribution is 5.92. The Hall–Kier alpha value is -3.00. The topological polar surface area (TPSA) is 86.3 Å². The minimum Gasteiger partial charge on any atom is -0.451 e. The maximum absolute atomic E-state index is 12.8. The molecule has 0 bridgehead atoms. The third kappa shape index (κ3) is 3.23. The summed E-state index contributed by atoms with van der Waals surface area (Å²) in [4.78, 5) is 27.1. The van der Waals surface area contributed by atoms with Crippen LogP contribution in [0.1, 0.15) is 27.4 Å². The number of pyridine rings is 1. The fourth-order valence-electron chi connectivity index (χ4n) is 3.17. The zero-order chi connectivity index (χ0) is 17.9. The number of ether oxygens (including phenoxy) is 1. The van der Waals surface area contributed by atoms with Crippen LogP contribution in [0.15, 0.2) is 47.9 Å². The van der Waals surface area contributed by atoms with Gasteiger partial charge >= 0.3 is 0 Å². The number of imidazole rings is 1. The van der Waals surface area contributed by atoms with Gasteiger partial charge in [-0.1, -0.05) is 6.07 Å². The Bertz CT molecular complexity index is 876. The van der Waals surface area contributed by atoms with E-state index in [2.05, 4.69) is 15.0 Å². The van der Waals surface area contributed by atoms with E-state index in [1.807, 2.05) is 23.7 Å². The van der Waals surface area contributed by atoms with Crippen molar-refractivity contribution in [2.45, 2.75) is 25.6 Å². The largest absolute Gasteiger partial charge is 0.451 e. The summed E-state index contributed by atoms with van der Waals surface area (Å²) >= 11 is 0. The summed E-state index contributed by atoms with van der Waals surface area (Å²) in [5.74, 6) is -0.176. The SMILES string of the molecule is Cn1cnc2c1CC(COCc1cccnc1)N(C(=O)c1cocn1)C2. The lowest BCUT2D eigenvalue weighted by molar-refractivity contribution is 0.0311. The lowest BCUT2D eigenvalue weighted by Gasteiger charge is -2.34. The normalized spacial score (nSPS) is 16.5. The molecule has 0 aliphatic carbocycles. The number of nitrogens with zero attached hydrogens (tertiary/aromatic N) is 5. The zero-order valence-corrected chi connectivity index (χ0v) is 14.4. The third-order valence-electron chi connectivity index (χ3n) is 4.55. The van der Waals surface area contributed by atoms with E-state index >= 15 is 0 Å². The molecule has 1 atom stereocenters. The Morgan fingerprint density at radius 2 is 2.35 bits per heavy atom. The Morgan fingerprint density at radius 3 is 3.12 bits per heavy atom. The first-order chi connectivity index (χ1) is 12.7. The first kappa shape index (κ1) is 16.5. The monoisotopic (exact) mass is 353 g/mol. The molecule has 134 valence electrons. The fourth-order valence-corrected chi connectivity index (χ4v) is 3.17. The lowest BCUT2D eigenvalue weighted by atomic mass is 10.0. The van der Waals surface area contributed by atoms with Gasteiger partial charge in [-0.05, 0) is 11.6 Å². The molecule has 4 heterocycles. The van der Waals surface area contributed by atoms with Crippen LogP contribution in [0.25, 0.3) is 0 Å². The molecule has 1 amide bonds. The molecule has 1 unspecified atom stereocenters. The molecule has 3 aromatic heterocycles. The molecule has 0 fully saturated rings. The summed E-state index contributed by atoms with van der Waals surface area (Å²) < 4.78 is 12.8. The van der Waals surface area contributed by atoms with E-state index in [0.29, 0.717) is 31.9 Å². The summed E-state index contributed by atoms with van der Waals surface area (Å²) in [7, 11) is 1.97. The Labute approximate surface area is 150 Å². The minimum atomic E-state index is -0.176. The summed E-state index contributed by atoms with van der Waals surface area (Å²) in [5, 5.41) is 0. The van der Waals surface area contributed by atoms with E-state index in [1.54, 1.807) is 23.6 Å². The van der Waals surface area contributed by atoms with Gasteiger partial charge in [0.15, 0.2) is 12.1 Å². The fraction of sp³-hybridized carbons (Fsp3) is 0.333. The Morgan fingerprint density at radius 1 is 1.42 bits per heavy atom. The van der Waals surface area contributed by atoms with Crippen LogP contribution in [0.2, 0.25) is 0 Å². The second-order valence-corrected chi connectivity index (χ2v) is 6.29. The average molecular weight is 353 g/mol. The molecule has 3 aromatic rings. The van der Waals surface area contributed by atoms with Crippen LogP contribution >= 0.6 is 0 Å². The van der Waals surface area contributed by atoms with Gasteiger partial charge in [0.1, 0.15) is 6.26 Å². The molecule has 0 N–H and O–H groups in total. The number of carbonyl (C=O) groups excluding carboxylic acids is 1. The van der Waals surface area contributed by atoms with Crippen LogP contribution in [0.5, 0.6) is 0 Å². The predicted molar refractivity (Wildman–Crippen MR) is 91.0 cm³/mol. The first-order valence-corrected chi connectivity index (χ1v) is 8.37. The summed E-state index contributed by atoms with van der Waals surface area (Å²) in [6.45, 7) is 1.31. The van der Waals surface area contributed by atoms with Crippen molar-refractivity contribution in [3.63, 3.8) is 0 Å². The molecule has 1 aliphatic heterocycles. The van der Waals surface area contributed by atoms with E-state index < -0.39 is 0 Å². The number of aromatic nitrogens is 4. The molecule has 8 nitrogen and oxygen atoms in total. The van der Waals surface area contributed by atoms with Crippen molar-refractivity contribution in [2.75, 3.05) is 6.61 Å². The second kappa shape index (κ2) is 7.09. The van der Waals surface area contributed by atoms with E-state index in [0.717, 1.165) is 17.0 Å². The smallest absolute Gasteiger partial charge is 0.276 e. The highest BCUT2D eigenvalue weighted by Crippen LogP contribution is 2.24. The number of oxazole rings is 1. The number of amides is 1. The third-order valence-corrected chi connectivity index (χ3v) is 4.55. The molecule has 0 spiro atoms. The number of rotatable bonds is 5.